The average molecular weight is 250 g/mol. The van der Waals surface area contributed by atoms with Crippen LogP contribution in [0.25, 0.3) is 0 Å². The van der Waals surface area contributed by atoms with Gasteiger partial charge in [0.05, 0.1) is 12.5 Å². The van der Waals surface area contributed by atoms with Gasteiger partial charge in [0.2, 0.25) is 5.91 Å². The molecule has 0 heterocycles. The highest BCUT2D eigenvalue weighted by molar-refractivity contribution is 5.96. The second-order valence-corrected chi connectivity index (χ2v) is 4.68. The molecule has 1 amide bonds. The smallest absolute Gasteiger partial charge is 0.231 e. The number of hydrogen-bond donors (Lipinski definition) is 3. The number of hydrogen-bond acceptors (Lipinski definition) is 4. The number of anilines is 1. The Labute approximate surface area is 106 Å². The Kier molecular flexibility index (Phi) is 3.43. The molecule has 0 aliphatic heterocycles. The molecule has 98 valence electrons. The van der Waals surface area contributed by atoms with Gasteiger partial charge in [-0.1, -0.05) is 6.42 Å². The summed E-state index contributed by atoms with van der Waals surface area (Å²) in [7, 11) is 1.48. The van der Waals surface area contributed by atoms with Gasteiger partial charge in [0.25, 0.3) is 0 Å². The first-order valence-electron chi connectivity index (χ1n) is 6.00. The number of benzene rings is 1. The van der Waals surface area contributed by atoms with E-state index in [9.17, 15) is 9.90 Å². The van der Waals surface area contributed by atoms with Gasteiger partial charge in [0, 0.05) is 18.3 Å². The maximum absolute atomic E-state index is 12.1. The molecule has 1 aliphatic rings. The van der Waals surface area contributed by atoms with Crippen molar-refractivity contribution in [2.45, 2.75) is 19.3 Å². The van der Waals surface area contributed by atoms with Crippen molar-refractivity contribution in [2.75, 3.05) is 19.0 Å². The number of nitrogens with one attached hydrogen (secondary N) is 1. The van der Waals surface area contributed by atoms with Crippen molar-refractivity contribution < 1.29 is 14.6 Å². The van der Waals surface area contributed by atoms with E-state index in [1.54, 1.807) is 12.1 Å². The van der Waals surface area contributed by atoms with Crippen molar-refractivity contribution in [1.29, 1.82) is 0 Å². The van der Waals surface area contributed by atoms with Crippen LogP contribution < -0.4 is 15.8 Å². The van der Waals surface area contributed by atoms with Crippen LogP contribution in [0.1, 0.15) is 19.3 Å². The highest BCUT2D eigenvalue weighted by Crippen LogP contribution is 2.41. The zero-order valence-corrected chi connectivity index (χ0v) is 10.4. The van der Waals surface area contributed by atoms with Gasteiger partial charge >= 0.3 is 0 Å². The number of carbonyl (C=O) groups excluding carboxylic acids is 1. The minimum atomic E-state index is -0.421. The monoisotopic (exact) mass is 250 g/mol. The molecule has 0 spiro atoms. The van der Waals surface area contributed by atoms with E-state index in [1.165, 1.54) is 13.2 Å². The van der Waals surface area contributed by atoms with Crippen LogP contribution in [-0.4, -0.2) is 24.7 Å². The molecule has 1 aromatic carbocycles. The van der Waals surface area contributed by atoms with E-state index in [2.05, 4.69) is 5.32 Å². The number of phenolic OH excluding ortho intramolecular Hbond substituents is 1. The van der Waals surface area contributed by atoms with Crippen molar-refractivity contribution >= 4 is 11.6 Å². The maximum atomic E-state index is 12.1. The highest BCUT2D eigenvalue weighted by atomic mass is 16.5. The number of phenols is 1. The molecule has 0 aromatic heterocycles. The van der Waals surface area contributed by atoms with Crippen molar-refractivity contribution in [2.24, 2.45) is 11.1 Å². The van der Waals surface area contributed by atoms with Crippen molar-refractivity contribution in [3.63, 3.8) is 0 Å². The molecule has 1 aliphatic carbocycles. The first-order valence-corrected chi connectivity index (χ1v) is 6.00. The molecule has 5 nitrogen and oxygen atoms in total. The standard InChI is InChI=1S/C13H18N2O3/c1-18-11-4-3-9(7-10(11)16)15-12(17)13(8-14)5-2-6-13/h3-4,7,16H,2,5-6,8,14H2,1H3,(H,15,17). The number of carbonyl (C=O) groups is 1. The van der Waals surface area contributed by atoms with Gasteiger partial charge in [-0.25, -0.2) is 0 Å². The molecule has 0 unspecified atom stereocenters. The Bertz CT molecular complexity index is 450. The second kappa shape index (κ2) is 4.86. The number of aromatic hydroxyl groups is 1. The van der Waals surface area contributed by atoms with Crippen LogP contribution in [0, 0.1) is 5.41 Å². The quantitative estimate of drug-likeness (QED) is 0.755. The van der Waals surface area contributed by atoms with E-state index in [-0.39, 0.29) is 11.7 Å². The summed E-state index contributed by atoms with van der Waals surface area (Å²) in [5, 5.41) is 12.4. The lowest BCUT2D eigenvalue weighted by Gasteiger charge is -2.39. The van der Waals surface area contributed by atoms with Crippen LogP contribution in [0.4, 0.5) is 5.69 Å². The second-order valence-electron chi connectivity index (χ2n) is 4.68. The van der Waals surface area contributed by atoms with Crippen molar-refractivity contribution in [3.05, 3.63) is 18.2 Å². The summed E-state index contributed by atoms with van der Waals surface area (Å²) in [5.41, 5.74) is 5.80. The van der Waals surface area contributed by atoms with Crippen LogP contribution in [0.15, 0.2) is 18.2 Å². The molecule has 1 aromatic rings. The van der Waals surface area contributed by atoms with Gasteiger partial charge in [0.15, 0.2) is 11.5 Å². The molecule has 0 atom stereocenters. The van der Waals surface area contributed by atoms with E-state index in [0.29, 0.717) is 18.0 Å². The Hall–Kier alpha value is -1.75. The van der Waals surface area contributed by atoms with E-state index < -0.39 is 5.41 Å². The first kappa shape index (κ1) is 12.7. The predicted octanol–water partition coefficient (Wildman–Crippen LogP) is 1.47. The van der Waals surface area contributed by atoms with Gasteiger partial charge in [-0.15, -0.1) is 0 Å². The molecular weight excluding hydrogens is 232 g/mol. The molecule has 4 N–H and O–H groups in total. The minimum absolute atomic E-state index is 0.00529. The zero-order chi connectivity index (χ0) is 13.2. The van der Waals surface area contributed by atoms with Crippen LogP contribution >= 0.6 is 0 Å². The molecule has 0 bridgehead atoms. The van der Waals surface area contributed by atoms with E-state index >= 15 is 0 Å². The topological polar surface area (TPSA) is 84.6 Å². The van der Waals surface area contributed by atoms with Gasteiger partial charge in [-0.05, 0) is 25.0 Å². The Morgan fingerprint density at radius 3 is 2.72 bits per heavy atom. The zero-order valence-electron chi connectivity index (χ0n) is 10.4. The van der Waals surface area contributed by atoms with Gasteiger partial charge in [-0.3, -0.25) is 4.79 Å². The third kappa shape index (κ3) is 2.13. The number of methoxy groups -OCH3 is 1. The average Bonchev–Trinajstić information content (AvgIpc) is 2.28. The molecule has 1 fully saturated rings. The van der Waals surface area contributed by atoms with Gasteiger partial charge in [0.1, 0.15) is 0 Å². The Morgan fingerprint density at radius 2 is 2.28 bits per heavy atom. The highest BCUT2D eigenvalue weighted by Gasteiger charge is 2.42. The summed E-state index contributed by atoms with van der Waals surface area (Å²) in [6.07, 6.45) is 2.70. The third-order valence-electron chi connectivity index (χ3n) is 3.62. The predicted molar refractivity (Wildman–Crippen MR) is 68.6 cm³/mol. The molecule has 18 heavy (non-hydrogen) atoms. The van der Waals surface area contributed by atoms with Crippen molar-refractivity contribution in [3.8, 4) is 11.5 Å². The Balaban J connectivity index is 2.10. The third-order valence-corrected chi connectivity index (χ3v) is 3.62. The summed E-state index contributed by atoms with van der Waals surface area (Å²) in [5.74, 6) is 0.316. The van der Waals surface area contributed by atoms with Crippen LogP contribution in [0.5, 0.6) is 11.5 Å². The Morgan fingerprint density at radius 1 is 1.56 bits per heavy atom. The first-order chi connectivity index (χ1) is 8.61. The fourth-order valence-electron chi connectivity index (χ4n) is 2.16. The van der Waals surface area contributed by atoms with Gasteiger partial charge < -0.3 is 20.9 Å². The summed E-state index contributed by atoms with van der Waals surface area (Å²) in [6, 6.07) is 4.78. The number of ether oxygens (including phenoxy) is 1. The van der Waals surface area contributed by atoms with E-state index in [4.69, 9.17) is 10.5 Å². The van der Waals surface area contributed by atoms with Crippen LogP contribution in [-0.2, 0) is 4.79 Å². The summed E-state index contributed by atoms with van der Waals surface area (Å²) < 4.78 is 4.94. The lowest BCUT2D eigenvalue weighted by molar-refractivity contribution is -0.129. The maximum Gasteiger partial charge on any atom is 0.231 e. The summed E-state index contributed by atoms with van der Waals surface area (Å²) in [6.45, 7) is 0.362. The summed E-state index contributed by atoms with van der Waals surface area (Å²) in [4.78, 5) is 12.1. The number of rotatable bonds is 4. The van der Waals surface area contributed by atoms with E-state index in [0.717, 1.165) is 19.3 Å². The number of amides is 1. The normalized spacial score (nSPS) is 16.8. The summed E-state index contributed by atoms with van der Waals surface area (Å²) >= 11 is 0. The SMILES string of the molecule is COc1ccc(NC(=O)C2(CN)CCC2)cc1O. The van der Waals surface area contributed by atoms with E-state index in [1.807, 2.05) is 0 Å². The molecule has 0 radical (unpaired) electrons. The van der Waals surface area contributed by atoms with Crippen LogP contribution in [0.3, 0.4) is 0 Å². The fourth-order valence-corrected chi connectivity index (χ4v) is 2.16. The number of nitrogens with two attached hydrogens (primary N) is 1. The molecule has 2 rings (SSSR count). The lowest BCUT2D eigenvalue weighted by atomic mass is 9.68. The van der Waals surface area contributed by atoms with Gasteiger partial charge in [-0.2, -0.15) is 0 Å². The minimum Gasteiger partial charge on any atom is -0.504 e. The molecule has 1 saturated carbocycles. The van der Waals surface area contributed by atoms with Crippen molar-refractivity contribution in [1.82, 2.24) is 0 Å². The fraction of sp³-hybridized carbons (Fsp3) is 0.462. The molecule has 0 saturated heterocycles. The van der Waals surface area contributed by atoms with Crippen LogP contribution in [0.2, 0.25) is 0 Å². The lowest BCUT2D eigenvalue weighted by Crippen LogP contribution is -2.47. The molecule has 5 heteroatoms. The molecular formula is C13H18N2O3. The largest absolute Gasteiger partial charge is 0.504 e.